The number of hydrogen-bond acceptors (Lipinski definition) is 0. The van der Waals surface area contributed by atoms with Gasteiger partial charge in [0.15, 0.2) is 17.4 Å². The van der Waals surface area contributed by atoms with E-state index >= 15 is 0 Å². The summed E-state index contributed by atoms with van der Waals surface area (Å²) in [5.41, 5.74) is 0. The van der Waals surface area contributed by atoms with Crippen LogP contribution in [0.2, 0.25) is 0 Å². The van der Waals surface area contributed by atoms with Gasteiger partial charge in [-0.25, -0.2) is 0 Å². The summed E-state index contributed by atoms with van der Waals surface area (Å²) in [6, 6.07) is 0. The second-order valence-electron chi connectivity index (χ2n) is 0. The summed E-state index contributed by atoms with van der Waals surface area (Å²) < 4.78 is 0. The molecule has 2 radical (unpaired) electrons. The summed E-state index contributed by atoms with van der Waals surface area (Å²) in [5, 5.41) is 0. The molecule has 0 aromatic heterocycles. The molecule has 0 aliphatic rings. The Balaban J connectivity index is 0. The van der Waals surface area contributed by atoms with E-state index in [9.17, 15) is 0 Å². The van der Waals surface area contributed by atoms with Crippen molar-refractivity contribution in [3.8, 4) is 0 Å². The van der Waals surface area contributed by atoms with Crippen LogP contribution in [0.5, 0.6) is 0 Å². The Morgan fingerprint density at radius 3 is 0.800 bits per heavy atom. The topological polar surface area (TPSA) is 0 Å². The van der Waals surface area contributed by atoms with Gasteiger partial charge in [0.1, 0.15) is 17.4 Å². The summed E-state index contributed by atoms with van der Waals surface area (Å²) in [6.45, 7) is 0. The van der Waals surface area contributed by atoms with E-state index in [1.54, 1.807) is 0 Å². The fourth-order valence-corrected chi connectivity index (χ4v) is 0. The fraction of sp³-hybridized carbons (Fsp3) is 0. The standard InChI is InChI=1S/2Al.Au.2Pt.5H. The molecule has 42 valence electrons. The molecule has 0 aliphatic heterocycles. The van der Waals surface area contributed by atoms with Crippen molar-refractivity contribution in [3.63, 3.8) is 0 Å². The molecule has 0 bridgehead atoms. The predicted molar refractivity (Wildman–Crippen MR) is 18.5 cm³/mol. The maximum atomic E-state index is 0. The molecule has 0 saturated carbocycles. The van der Waals surface area contributed by atoms with E-state index in [1.165, 1.54) is 0 Å². The van der Waals surface area contributed by atoms with Gasteiger partial charge < -0.3 is 0 Å². The van der Waals surface area contributed by atoms with E-state index in [0.29, 0.717) is 0 Å². The Kier molecular flexibility index (Phi) is 226. The molecule has 0 rings (SSSR count). The van der Waals surface area contributed by atoms with Crippen LogP contribution >= 0.6 is 0 Å². The summed E-state index contributed by atoms with van der Waals surface area (Å²) in [5.74, 6) is 0. The molecule has 0 unspecified atom stereocenters. The van der Waals surface area contributed by atoms with Gasteiger partial charge in [0, 0.05) is 64.5 Å². The van der Waals surface area contributed by atoms with Crippen LogP contribution in [0.25, 0.3) is 0 Å². The third kappa shape index (κ3) is 19.0. The first-order chi connectivity index (χ1) is 0. The van der Waals surface area contributed by atoms with Crippen LogP contribution in [0.15, 0.2) is 0 Å². The summed E-state index contributed by atoms with van der Waals surface area (Å²) >= 11 is 0. The maximum Gasteiger partial charge on any atom is 0.187 e. The van der Waals surface area contributed by atoms with Crippen molar-refractivity contribution in [1.29, 1.82) is 0 Å². The van der Waals surface area contributed by atoms with E-state index in [4.69, 9.17) is 0 Å². The zero-order chi connectivity index (χ0) is 0. The van der Waals surface area contributed by atoms with Crippen LogP contribution in [-0.2, 0) is 64.5 Å². The molecule has 0 aromatic rings. The second kappa shape index (κ2) is 27.1. The van der Waals surface area contributed by atoms with Crippen molar-refractivity contribution in [1.82, 2.24) is 0 Å². The summed E-state index contributed by atoms with van der Waals surface area (Å²) in [6.07, 6.45) is 0. The molecule has 5 heteroatoms. The molecule has 0 fully saturated rings. The molecule has 0 heterocycles. The first-order valence-electron chi connectivity index (χ1n) is 0. The van der Waals surface area contributed by atoms with Crippen molar-refractivity contribution in [2.75, 3.05) is 0 Å². The van der Waals surface area contributed by atoms with E-state index in [-0.39, 0.29) is 99.2 Å². The van der Waals surface area contributed by atoms with Gasteiger partial charge in [-0.05, 0) is 0 Å². The molecule has 0 aliphatic carbocycles. The van der Waals surface area contributed by atoms with Crippen LogP contribution < -0.4 is 0 Å². The monoisotopic (exact) mass is 646 g/mol. The largest absolute Gasteiger partial charge is 0.187 e. The maximum absolute atomic E-state index is 0. The fourth-order valence-electron chi connectivity index (χ4n) is 0. The summed E-state index contributed by atoms with van der Waals surface area (Å²) in [4.78, 5) is 0. The summed E-state index contributed by atoms with van der Waals surface area (Å²) in [7, 11) is 0. The van der Waals surface area contributed by atoms with Crippen LogP contribution in [0.3, 0.4) is 0 Å². The minimum absolute atomic E-state index is 0. The quantitative estimate of drug-likeness (QED) is 0.265. The average Bonchev–Trinajstić information content (AvgIpc) is 0. The molecule has 0 saturated heterocycles. The Morgan fingerprint density at radius 1 is 0.800 bits per heavy atom. The third-order valence-corrected chi connectivity index (χ3v) is 0. The molecular formula is H5Al2AuPt2. The van der Waals surface area contributed by atoms with Crippen molar-refractivity contribution in [2.24, 2.45) is 0 Å². The zero-order valence-corrected chi connectivity index (χ0v) is 10.6. The second-order valence-corrected chi connectivity index (χ2v) is 0. The minimum Gasteiger partial charge on any atom is 0 e. The molecule has 0 amide bonds. The van der Waals surface area contributed by atoms with E-state index in [0.717, 1.165) is 0 Å². The zero-order valence-electron chi connectivity index (χ0n) is 1.93. The third-order valence-electron chi connectivity index (χ3n) is 0. The van der Waals surface area contributed by atoms with Crippen LogP contribution in [0.4, 0.5) is 0 Å². The Morgan fingerprint density at radius 2 is 0.800 bits per heavy atom. The molecule has 0 aromatic carbocycles. The molecule has 0 atom stereocenters. The predicted octanol–water partition coefficient (Wildman–Crippen LogP) is -2.11. The van der Waals surface area contributed by atoms with E-state index in [1.807, 2.05) is 0 Å². The molecule has 0 spiro atoms. The smallest absolute Gasteiger partial charge is 0 e. The van der Waals surface area contributed by atoms with Crippen LogP contribution in [0.1, 0.15) is 0 Å². The molecule has 5 heavy (non-hydrogen) atoms. The molecular weight excluding hydrogens is 641 g/mol. The average molecular weight is 646 g/mol. The van der Waals surface area contributed by atoms with E-state index < -0.39 is 0 Å². The number of hydrogen-bond donors (Lipinski definition) is 0. The van der Waals surface area contributed by atoms with Gasteiger partial charge in [0.25, 0.3) is 0 Å². The first kappa shape index (κ1) is 41.7. The van der Waals surface area contributed by atoms with Gasteiger partial charge in [0.05, 0.1) is 0 Å². The van der Waals surface area contributed by atoms with E-state index in [2.05, 4.69) is 0 Å². The first-order valence-corrected chi connectivity index (χ1v) is 0. The Bertz CT molecular complexity index is 7.61. The SMILES string of the molecule is [AlH2].[AlH3].[Au].[Pt].[Pt]. The molecule has 0 N–H and O–H groups in total. The van der Waals surface area contributed by atoms with Crippen molar-refractivity contribution in [3.05, 3.63) is 0 Å². The van der Waals surface area contributed by atoms with Crippen molar-refractivity contribution in [2.45, 2.75) is 0 Å². The van der Waals surface area contributed by atoms with Gasteiger partial charge in [-0.1, -0.05) is 0 Å². The van der Waals surface area contributed by atoms with Crippen molar-refractivity contribution < 1.29 is 64.5 Å². The normalized spacial score (nSPS) is 0. The van der Waals surface area contributed by atoms with Gasteiger partial charge in [0.2, 0.25) is 0 Å². The van der Waals surface area contributed by atoms with Gasteiger partial charge in [-0.15, -0.1) is 0 Å². The van der Waals surface area contributed by atoms with Gasteiger partial charge >= 0.3 is 0 Å². The Labute approximate surface area is 97.5 Å². The van der Waals surface area contributed by atoms with Crippen LogP contribution in [0, 0.1) is 0 Å². The molecule has 0 nitrogen and oxygen atoms in total. The van der Waals surface area contributed by atoms with Crippen LogP contribution in [-0.4, -0.2) is 34.7 Å². The van der Waals surface area contributed by atoms with Gasteiger partial charge in [-0.3, -0.25) is 0 Å². The van der Waals surface area contributed by atoms with Crippen molar-refractivity contribution >= 4 is 34.7 Å². The number of rotatable bonds is 0. The van der Waals surface area contributed by atoms with Gasteiger partial charge in [-0.2, -0.15) is 0 Å². The Hall–Kier alpha value is 3.18. The minimum atomic E-state index is 0.